The SMILES string of the molecule is CCCCCN1C(=O)c2[nH]nc(-c3ccc(C)cc3)c2C1c1ccc(OCCC)cc1. The number of carbonyl (C=O) groups excluding carboxylic acids is 1. The van der Waals surface area contributed by atoms with Gasteiger partial charge in [0.1, 0.15) is 11.4 Å². The predicted octanol–water partition coefficient (Wildman–Crippen LogP) is 5.91. The minimum Gasteiger partial charge on any atom is -0.494 e. The maximum atomic E-state index is 13.3. The van der Waals surface area contributed by atoms with Crippen LogP contribution in [-0.2, 0) is 0 Å². The van der Waals surface area contributed by atoms with Crippen LogP contribution in [0.2, 0.25) is 0 Å². The van der Waals surface area contributed by atoms with Crippen molar-refractivity contribution in [3.63, 3.8) is 0 Å². The summed E-state index contributed by atoms with van der Waals surface area (Å²) >= 11 is 0. The number of benzene rings is 2. The summed E-state index contributed by atoms with van der Waals surface area (Å²) in [5.41, 5.74) is 5.77. The van der Waals surface area contributed by atoms with E-state index in [1.54, 1.807) is 0 Å². The van der Waals surface area contributed by atoms with Gasteiger partial charge in [-0.2, -0.15) is 5.10 Å². The number of carbonyl (C=O) groups is 1. The third-order valence-electron chi connectivity index (χ3n) is 5.86. The summed E-state index contributed by atoms with van der Waals surface area (Å²) in [5.74, 6) is 0.895. The van der Waals surface area contributed by atoms with Gasteiger partial charge in [-0.1, -0.05) is 68.7 Å². The van der Waals surface area contributed by atoms with E-state index < -0.39 is 0 Å². The molecule has 0 aliphatic carbocycles. The first-order valence-corrected chi connectivity index (χ1v) is 11.3. The fourth-order valence-electron chi connectivity index (χ4n) is 4.20. The number of hydrogen-bond acceptors (Lipinski definition) is 3. The van der Waals surface area contributed by atoms with Crippen LogP contribution in [0.5, 0.6) is 5.75 Å². The largest absolute Gasteiger partial charge is 0.494 e. The number of fused-ring (bicyclic) bond motifs is 1. The summed E-state index contributed by atoms with van der Waals surface area (Å²) in [6, 6.07) is 16.3. The molecule has 1 N–H and O–H groups in total. The van der Waals surface area contributed by atoms with E-state index in [0.717, 1.165) is 60.4 Å². The Balaban J connectivity index is 1.74. The molecule has 5 nitrogen and oxygen atoms in total. The van der Waals surface area contributed by atoms with Gasteiger partial charge in [0, 0.05) is 17.7 Å². The molecule has 1 aliphatic heterocycles. The van der Waals surface area contributed by atoms with Crippen molar-refractivity contribution >= 4 is 5.91 Å². The van der Waals surface area contributed by atoms with Crippen molar-refractivity contribution in [2.24, 2.45) is 0 Å². The molecule has 0 bridgehead atoms. The number of nitrogens with one attached hydrogen (secondary N) is 1. The van der Waals surface area contributed by atoms with Crippen molar-refractivity contribution in [1.29, 1.82) is 0 Å². The van der Waals surface area contributed by atoms with Crippen LogP contribution in [0.3, 0.4) is 0 Å². The molecule has 1 atom stereocenters. The molecule has 1 unspecified atom stereocenters. The predicted molar refractivity (Wildman–Crippen MR) is 123 cm³/mol. The normalized spacial score (nSPS) is 15.4. The molecule has 3 aromatic rings. The molecule has 2 heterocycles. The quantitative estimate of drug-likeness (QED) is 0.440. The van der Waals surface area contributed by atoms with Gasteiger partial charge in [0.15, 0.2) is 0 Å². The van der Waals surface area contributed by atoms with Crippen LogP contribution < -0.4 is 4.74 Å². The molecule has 0 saturated heterocycles. The van der Waals surface area contributed by atoms with Gasteiger partial charge >= 0.3 is 0 Å². The maximum Gasteiger partial charge on any atom is 0.273 e. The van der Waals surface area contributed by atoms with Crippen LogP contribution in [0.25, 0.3) is 11.3 Å². The van der Waals surface area contributed by atoms with Gasteiger partial charge in [0.05, 0.1) is 18.3 Å². The molecule has 0 radical (unpaired) electrons. The minimum absolute atomic E-state index is 0.0354. The zero-order valence-corrected chi connectivity index (χ0v) is 18.6. The standard InChI is InChI=1S/C26H31N3O2/c1-4-6-7-16-29-25(20-12-14-21(15-13-20)31-17-5-2)22-23(27-28-24(22)26(29)30)19-10-8-18(3)9-11-19/h8-15,25H,4-7,16-17H2,1-3H3,(H,27,28). The Kier molecular flexibility index (Phi) is 6.40. The highest BCUT2D eigenvalue weighted by Crippen LogP contribution is 2.43. The molecular formula is C26H31N3O2. The molecule has 2 aromatic carbocycles. The second kappa shape index (κ2) is 9.38. The molecule has 1 aliphatic rings. The number of aromatic amines is 1. The van der Waals surface area contributed by atoms with E-state index >= 15 is 0 Å². The Bertz CT molecular complexity index is 1020. The number of aromatic nitrogens is 2. The second-order valence-electron chi connectivity index (χ2n) is 8.25. The van der Waals surface area contributed by atoms with Gasteiger partial charge in [-0.15, -0.1) is 0 Å². The molecule has 162 valence electrons. The number of nitrogens with zero attached hydrogens (tertiary/aromatic N) is 2. The highest BCUT2D eigenvalue weighted by molar-refractivity contribution is 6.00. The van der Waals surface area contributed by atoms with Crippen LogP contribution in [0.15, 0.2) is 48.5 Å². The van der Waals surface area contributed by atoms with Crippen molar-refractivity contribution in [2.45, 2.75) is 52.5 Å². The fourth-order valence-corrected chi connectivity index (χ4v) is 4.20. The van der Waals surface area contributed by atoms with E-state index in [1.807, 2.05) is 17.0 Å². The zero-order chi connectivity index (χ0) is 21.8. The molecule has 0 fully saturated rings. The number of hydrogen-bond donors (Lipinski definition) is 1. The van der Waals surface area contributed by atoms with Gasteiger partial charge in [0.25, 0.3) is 5.91 Å². The summed E-state index contributed by atoms with van der Waals surface area (Å²) in [4.78, 5) is 15.3. The lowest BCUT2D eigenvalue weighted by Gasteiger charge is -2.26. The highest BCUT2D eigenvalue weighted by Gasteiger charge is 2.41. The third kappa shape index (κ3) is 4.22. The second-order valence-corrected chi connectivity index (χ2v) is 8.25. The lowest BCUT2D eigenvalue weighted by Crippen LogP contribution is -2.30. The summed E-state index contributed by atoms with van der Waals surface area (Å²) in [6.45, 7) is 7.79. The first-order valence-electron chi connectivity index (χ1n) is 11.3. The van der Waals surface area contributed by atoms with Crippen LogP contribution in [0.1, 0.15) is 72.8 Å². The Morgan fingerprint density at radius 2 is 1.74 bits per heavy atom. The van der Waals surface area contributed by atoms with Gasteiger partial charge in [-0.05, 0) is 37.5 Å². The average molecular weight is 418 g/mol. The van der Waals surface area contributed by atoms with Crippen molar-refractivity contribution < 1.29 is 9.53 Å². The number of rotatable bonds is 9. The minimum atomic E-state index is -0.144. The number of H-pyrrole nitrogens is 1. The van der Waals surface area contributed by atoms with Crippen molar-refractivity contribution in [2.75, 3.05) is 13.2 Å². The highest BCUT2D eigenvalue weighted by atomic mass is 16.5. The van der Waals surface area contributed by atoms with E-state index in [1.165, 1.54) is 5.56 Å². The average Bonchev–Trinajstić information content (AvgIpc) is 3.33. The molecule has 31 heavy (non-hydrogen) atoms. The summed E-state index contributed by atoms with van der Waals surface area (Å²) < 4.78 is 5.76. The van der Waals surface area contributed by atoms with E-state index in [4.69, 9.17) is 4.74 Å². The molecule has 5 heteroatoms. The molecule has 4 rings (SSSR count). The van der Waals surface area contributed by atoms with Crippen molar-refractivity contribution in [3.05, 3.63) is 70.9 Å². The van der Waals surface area contributed by atoms with Crippen LogP contribution in [-0.4, -0.2) is 34.2 Å². The van der Waals surface area contributed by atoms with Gasteiger partial charge in [-0.3, -0.25) is 9.89 Å². The maximum absolute atomic E-state index is 13.3. The Morgan fingerprint density at radius 1 is 1.00 bits per heavy atom. The lowest BCUT2D eigenvalue weighted by atomic mass is 9.95. The van der Waals surface area contributed by atoms with E-state index in [2.05, 4.69) is 67.4 Å². The van der Waals surface area contributed by atoms with Crippen LogP contribution in [0.4, 0.5) is 0 Å². The molecular weight excluding hydrogens is 386 g/mol. The third-order valence-corrected chi connectivity index (χ3v) is 5.86. The van der Waals surface area contributed by atoms with Crippen molar-refractivity contribution in [1.82, 2.24) is 15.1 Å². The number of ether oxygens (including phenoxy) is 1. The smallest absolute Gasteiger partial charge is 0.273 e. The van der Waals surface area contributed by atoms with Gasteiger partial charge in [0.2, 0.25) is 0 Å². The fraction of sp³-hybridized carbons (Fsp3) is 0.385. The molecule has 0 spiro atoms. The topological polar surface area (TPSA) is 58.2 Å². The monoisotopic (exact) mass is 417 g/mol. The van der Waals surface area contributed by atoms with Crippen molar-refractivity contribution in [3.8, 4) is 17.0 Å². The lowest BCUT2D eigenvalue weighted by molar-refractivity contribution is 0.0740. The molecule has 1 aromatic heterocycles. The molecule has 0 saturated carbocycles. The summed E-state index contributed by atoms with van der Waals surface area (Å²) in [7, 11) is 0. The number of amides is 1. The zero-order valence-electron chi connectivity index (χ0n) is 18.6. The van der Waals surface area contributed by atoms with Gasteiger partial charge < -0.3 is 9.64 Å². The summed E-state index contributed by atoms with van der Waals surface area (Å²) in [6.07, 6.45) is 4.20. The van der Waals surface area contributed by atoms with E-state index in [9.17, 15) is 4.79 Å². The first kappa shape index (κ1) is 21.2. The van der Waals surface area contributed by atoms with E-state index in [0.29, 0.717) is 12.3 Å². The Hall–Kier alpha value is -3.08. The van der Waals surface area contributed by atoms with Crippen LogP contribution in [0, 0.1) is 6.92 Å². The summed E-state index contributed by atoms with van der Waals surface area (Å²) in [5, 5.41) is 7.60. The Morgan fingerprint density at radius 3 is 2.42 bits per heavy atom. The molecule has 1 amide bonds. The number of aryl methyl sites for hydroxylation is 1. The van der Waals surface area contributed by atoms with Crippen LogP contribution >= 0.6 is 0 Å². The van der Waals surface area contributed by atoms with Gasteiger partial charge in [-0.25, -0.2) is 0 Å². The van der Waals surface area contributed by atoms with E-state index in [-0.39, 0.29) is 11.9 Å². The first-order chi connectivity index (χ1) is 15.1. The Labute approximate surface area is 184 Å². The number of unbranched alkanes of at least 4 members (excludes halogenated alkanes) is 2.